The van der Waals surface area contributed by atoms with Gasteiger partial charge in [-0.25, -0.2) is 8.42 Å². The molecule has 3 nitrogen and oxygen atoms in total. The average Bonchev–Trinajstić information content (AvgIpc) is 2.78. The van der Waals surface area contributed by atoms with Crippen molar-refractivity contribution in [3.8, 4) is 0 Å². The van der Waals surface area contributed by atoms with Crippen molar-refractivity contribution in [1.82, 2.24) is 0 Å². The molecule has 0 aliphatic heterocycles. The zero-order chi connectivity index (χ0) is 20.9. The fourth-order valence-electron chi connectivity index (χ4n) is 5.02. The lowest BCUT2D eigenvalue weighted by atomic mass is 9.80. The molecular formula is C26H25NO2S. The number of fused-ring (bicyclic) bond motifs is 5. The van der Waals surface area contributed by atoms with Crippen molar-refractivity contribution in [3.63, 3.8) is 0 Å². The molecule has 152 valence electrons. The van der Waals surface area contributed by atoms with E-state index in [2.05, 4.69) is 55.5 Å². The summed E-state index contributed by atoms with van der Waals surface area (Å²) in [6, 6.07) is 24.1. The van der Waals surface area contributed by atoms with Crippen LogP contribution in [0.4, 0.5) is 0 Å². The van der Waals surface area contributed by atoms with Crippen molar-refractivity contribution in [2.24, 2.45) is 5.73 Å². The molecule has 1 unspecified atom stereocenters. The number of nitrogens with two attached hydrogens (primary N) is 1. The molecule has 4 aromatic carbocycles. The van der Waals surface area contributed by atoms with E-state index in [1.165, 1.54) is 27.1 Å². The monoisotopic (exact) mass is 415 g/mol. The van der Waals surface area contributed by atoms with Crippen molar-refractivity contribution in [1.29, 1.82) is 0 Å². The summed E-state index contributed by atoms with van der Waals surface area (Å²) in [4.78, 5) is 0.395. The molecule has 2 atom stereocenters. The molecule has 0 saturated heterocycles. The Balaban J connectivity index is 1.58. The molecule has 1 aliphatic rings. The summed E-state index contributed by atoms with van der Waals surface area (Å²) in [5, 5.41) is 4.57. The number of hydrogen-bond acceptors (Lipinski definition) is 3. The van der Waals surface area contributed by atoms with Gasteiger partial charge in [0.25, 0.3) is 0 Å². The molecule has 0 radical (unpaired) electrons. The van der Waals surface area contributed by atoms with Gasteiger partial charge in [0.2, 0.25) is 0 Å². The second kappa shape index (κ2) is 7.22. The summed E-state index contributed by atoms with van der Waals surface area (Å²) < 4.78 is 26.8. The zero-order valence-corrected chi connectivity index (χ0v) is 17.8. The molecule has 0 saturated carbocycles. The van der Waals surface area contributed by atoms with Crippen LogP contribution >= 0.6 is 0 Å². The summed E-state index contributed by atoms with van der Waals surface area (Å²) >= 11 is 0. The van der Waals surface area contributed by atoms with Crippen LogP contribution in [0.1, 0.15) is 36.0 Å². The van der Waals surface area contributed by atoms with Crippen molar-refractivity contribution in [2.45, 2.75) is 42.4 Å². The summed E-state index contributed by atoms with van der Waals surface area (Å²) in [5.74, 6) is -0.0520. The topological polar surface area (TPSA) is 60.2 Å². The fourth-order valence-corrected chi connectivity index (χ4v) is 7.00. The standard InChI is InChI=1S/C26H25NO2S/c1-17-21-12-13-24-22-5-3-2-4-19(22)8-11-25(24)23(21)14-15-26(17)30(28,29)20-9-6-18(16-27)7-10-20/h2-13,17,26H,14-16,27H2,1H3/t17-,26?/m0/s1. The molecule has 0 heterocycles. The van der Waals surface area contributed by atoms with Gasteiger partial charge in [-0.05, 0) is 69.1 Å². The van der Waals surface area contributed by atoms with Crippen molar-refractivity contribution >= 4 is 31.4 Å². The van der Waals surface area contributed by atoms with Gasteiger partial charge in [-0.2, -0.15) is 0 Å². The van der Waals surface area contributed by atoms with E-state index in [9.17, 15) is 8.42 Å². The van der Waals surface area contributed by atoms with Crippen LogP contribution in [-0.2, 0) is 22.8 Å². The minimum absolute atomic E-state index is 0.0520. The lowest BCUT2D eigenvalue weighted by Gasteiger charge is -2.32. The number of rotatable bonds is 3. The van der Waals surface area contributed by atoms with E-state index < -0.39 is 15.1 Å². The first-order valence-electron chi connectivity index (χ1n) is 10.5. The molecule has 2 N–H and O–H groups in total. The fraction of sp³-hybridized carbons (Fsp3) is 0.231. The van der Waals surface area contributed by atoms with E-state index in [0.29, 0.717) is 17.9 Å². The van der Waals surface area contributed by atoms with Gasteiger partial charge < -0.3 is 5.73 Å². The molecule has 0 bridgehead atoms. The van der Waals surface area contributed by atoms with E-state index in [1.54, 1.807) is 12.1 Å². The third-order valence-corrected chi connectivity index (χ3v) is 9.06. The molecule has 4 aromatic rings. The summed E-state index contributed by atoms with van der Waals surface area (Å²) in [7, 11) is -3.41. The van der Waals surface area contributed by atoms with Crippen molar-refractivity contribution in [3.05, 3.63) is 89.5 Å². The van der Waals surface area contributed by atoms with Crippen LogP contribution in [-0.4, -0.2) is 13.7 Å². The highest BCUT2D eigenvalue weighted by Crippen LogP contribution is 2.41. The third-order valence-electron chi connectivity index (χ3n) is 6.69. The lowest BCUT2D eigenvalue weighted by Crippen LogP contribution is -2.31. The Morgan fingerprint density at radius 1 is 0.867 bits per heavy atom. The molecule has 0 amide bonds. The van der Waals surface area contributed by atoms with Crippen LogP contribution in [0, 0.1) is 0 Å². The number of benzene rings is 4. The SMILES string of the molecule is C[C@H]1c2ccc3c(ccc4ccccc43)c2CCC1S(=O)(=O)c1ccc(CN)cc1. The normalized spacial score (nSPS) is 19.1. The van der Waals surface area contributed by atoms with Crippen molar-refractivity contribution < 1.29 is 8.42 Å². The number of aryl methyl sites for hydroxylation is 1. The maximum absolute atomic E-state index is 13.4. The predicted octanol–water partition coefficient (Wildman–Crippen LogP) is 5.34. The predicted molar refractivity (Wildman–Crippen MR) is 123 cm³/mol. The van der Waals surface area contributed by atoms with E-state index >= 15 is 0 Å². The van der Waals surface area contributed by atoms with Gasteiger partial charge in [0.05, 0.1) is 10.1 Å². The maximum atomic E-state index is 13.4. The first-order chi connectivity index (χ1) is 14.5. The first kappa shape index (κ1) is 19.3. The average molecular weight is 416 g/mol. The Morgan fingerprint density at radius 3 is 2.37 bits per heavy atom. The number of hydrogen-bond donors (Lipinski definition) is 1. The van der Waals surface area contributed by atoms with Crippen LogP contribution < -0.4 is 5.73 Å². The molecule has 0 fully saturated rings. The minimum atomic E-state index is -3.41. The van der Waals surface area contributed by atoms with E-state index in [0.717, 1.165) is 17.5 Å². The Kier molecular flexibility index (Phi) is 4.64. The highest BCUT2D eigenvalue weighted by molar-refractivity contribution is 7.92. The quantitative estimate of drug-likeness (QED) is 0.459. The molecule has 1 aliphatic carbocycles. The van der Waals surface area contributed by atoms with Gasteiger partial charge in [-0.3, -0.25) is 0 Å². The maximum Gasteiger partial charge on any atom is 0.181 e. The third kappa shape index (κ3) is 2.94. The van der Waals surface area contributed by atoms with Crippen LogP contribution in [0.25, 0.3) is 21.5 Å². The Bertz CT molecular complexity index is 1360. The molecule has 0 aromatic heterocycles. The first-order valence-corrected chi connectivity index (χ1v) is 12.0. The van der Waals surface area contributed by atoms with Crippen molar-refractivity contribution in [2.75, 3.05) is 0 Å². The summed E-state index contributed by atoms with van der Waals surface area (Å²) in [6.45, 7) is 2.47. The molecule has 5 rings (SSSR count). The highest BCUT2D eigenvalue weighted by Gasteiger charge is 2.37. The van der Waals surface area contributed by atoms with Gasteiger partial charge in [-0.15, -0.1) is 0 Å². The van der Waals surface area contributed by atoms with Crippen LogP contribution in [0.3, 0.4) is 0 Å². The van der Waals surface area contributed by atoms with E-state index in [4.69, 9.17) is 5.73 Å². The van der Waals surface area contributed by atoms with Gasteiger partial charge >= 0.3 is 0 Å². The minimum Gasteiger partial charge on any atom is -0.326 e. The van der Waals surface area contributed by atoms with E-state index in [1.807, 2.05) is 12.1 Å². The van der Waals surface area contributed by atoms with Crippen LogP contribution in [0.5, 0.6) is 0 Å². The summed E-state index contributed by atoms with van der Waals surface area (Å²) in [6.07, 6.45) is 1.42. The van der Waals surface area contributed by atoms with Crippen LogP contribution in [0.2, 0.25) is 0 Å². The number of sulfone groups is 1. The van der Waals surface area contributed by atoms with Crippen LogP contribution in [0.15, 0.2) is 77.7 Å². The smallest absolute Gasteiger partial charge is 0.181 e. The summed E-state index contributed by atoms with van der Waals surface area (Å²) in [5.41, 5.74) is 9.06. The Hall–Kier alpha value is -2.69. The zero-order valence-electron chi connectivity index (χ0n) is 17.0. The Morgan fingerprint density at radius 2 is 1.60 bits per heavy atom. The van der Waals surface area contributed by atoms with E-state index in [-0.39, 0.29) is 5.92 Å². The van der Waals surface area contributed by atoms with Gasteiger partial charge in [0.1, 0.15) is 0 Å². The Labute approximate surface area is 177 Å². The molecule has 4 heteroatoms. The lowest BCUT2D eigenvalue weighted by molar-refractivity contribution is 0.531. The highest BCUT2D eigenvalue weighted by atomic mass is 32.2. The second-order valence-electron chi connectivity index (χ2n) is 8.27. The second-order valence-corrected chi connectivity index (χ2v) is 10.4. The molecule has 0 spiro atoms. The largest absolute Gasteiger partial charge is 0.326 e. The molecule has 30 heavy (non-hydrogen) atoms. The molecular weight excluding hydrogens is 390 g/mol. The van der Waals surface area contributed by atoms with Gasteiger partial charge in [0, 0.05) is 6.54 Å². The van der Waals surface area contributed by atoms with Gasteiger partial charge in [0.15, 0.2) is 9.84 Å². The van der Waals surface area contributed by atoms with Gasteiger partial charge in [-0.1, -0.05) is 67.6 Å².